The molecule has 1 aliphatic rings. The Morgan fingerprint density at radius 2 is 2.09 bits per heavy atom. The van der Waals surface area contributed by atoms with Crippen molar-refractivity contribution in [3.8, 4) is 0 Å². The molecule has 0 spiro atoms. The van der Waals surface area contributed by atoms with Gasteiger partial charge in [0, 0.05) is 17.9 Å². The zero-order valence-electron chi connectivity index (χ0n) is 18.3. The lowest BCUT2D eigenvalue weighted by Gasteiger charge is -2.12. The van der Waals surface area contributed by atoms with Gasteiger partial charge in [-0.1, -0.05) is 43.0 Å². The Morgan fingerprint density at radius 1 is 1.21 bits per heavy atom. The zero-order chi connectivity index (χ0) is 23.0. The summed E-state index contributed by atoms with van der Waals surface area (Å²) in [6.45, 7) is 2.87. The maximum absolute atomic E-state index is 12.6. The molecule has 1 amide bonds. The van der Waals surface area contributed by atoms with Gasteiger partial charge in [-0.3, -0.25) is 4.79 Å². The van der Waals surface area contributed by atoms with Crippen LogP contribution in [0.15, 0.2) is 82.3 Å². The molecule has 2 N–H and O–H groups in total. The number of para-hydroxylation sites is 1. The minimum atomic E-state index is -0.246. The van der Waals surface area contributed by atoms with Crippen molar-refractivity contribution in [2.75, 3.05) is 6.54 Å². The van der Waals surface area contributed by atoms with E-state index in [1.807, 2.05) is 36.4 Å². The molecule has 0 saturated heterocycles. The Hall–Kier alpha value is -4.31. The lowest BCUT2D eigenvalue weighted by atomic mass is 10.0. The van der Waals surface area contributed by atoms with E-state index in [9.17, 15) is 9.59 Å². The molecule has 0 radical (unpaired) electrons. The molecule has 0 aliphatic carbocycles. The first-order valence-corrected chi connectivity index (χ1v) is 10.8. The van der Waals surface area contributed by atoms with E-state index in [4.69, 9.17) is 0 Å². The fourth-order valence-electron chi connectivity index (χ4n) is 3.55. The average Bonchev–Trinajstić information content (AvgIpc) is 2.86. The molecule has 0 bridgehead atoms. The van der Waals surface area contributed by atoms with Crippen molar-refractivity contribution in [1.82, 2.24) is 15.1 Å². The molecule has 7 heteroatoms. The van der Waals surface area contributed by atoms with Crippen molar-refractivity contribution < 1.29 is 9.79 Å². The smallest absolute Gasteiger partial charge is 0.268 e. The van der Waals surface area contributed by atoms with Crippen LogP contribution < -0.4 is 15.9 Å². The first-order chi connectivity index (χ1) is 16.1. The lowest BCUT2D eigenvalue weighted by molar-refractivity contribution is -0.350. The zero-order valence-corrected chi connectivity index (χ0v) is 18.3. The molecule has 2 heterocycles. The molecule has 4 rings (SSSR count). The summed E-state index contributed by atoms with van der Waals surface area (Å²) in [5.41, 5.74) is 6.80. The molecule has 3 aromatic rings. The van der Waals surface area contributed by atoms with Crippen LogP contribution >= 0.6 is 0 Å². The molecule has 0 fully saturated rings. The second-order valence-corrected chi connectivity index (χ2v) is 7.60. The van der Waals surface area contributed by atoms with Crippen molar-refractivity contribution in [2.45, 2.75) is 25.8 Å². The first-order valence-electron chi connectivity index (χ1n) is 10.8. The summed E-state index contributed by atoms with van der Waals surface area (Å²) < 4.78 is 1.40. The SMILES string of the molecule is CCc1ccccc1[NH+]=CNC(=O)c1cccc(Cn2nc(C3C=C=C=NC3)ccc2=O)c1. The molecule has 7 nitrogen and oxygen atoms in total. The fourth-order valence-corrected chi connectivity index (χ4v) is 3.55. The molecule has 164 valence electrons. The largest absolute Gasteiger partial charge is 0.338 e. The van der Waals surface area contributed by atoms with Crippen LogP contribution in [0.25, 0.3) is 0 Å². The summed E-state index contributed by atoms with van der Waals surface area (Å²) in [7, 11) is 0. The number of nitrogens with one attached hydrogen (secondary N) is 2. The number of nitrogens with zero attached hydrogens (tertiary/aromatic N) is 3. The van der Waals surface area contributed by atoms with Crippen LogP contribution in [0.1, 0.15) is 40.0 Å². The predicted molar refractivity (Wildman–Crippen MR) is 127 cm³/mol. The van der Waals surface area contributed by atoms with Crippen LogP contribution in [0.4, 0.5) is 5.69 Å². The molecule has 2 aromatic carbocycles. The van der Waals surface area contributed by atoms with E-state index in [2.05, 4.69) is 38.9 Å². The third-order valence-corrected chi connectivity index (χ3v) is 5.33. The Bertz CT molecular complexity index is 1360. The Labute approximate surface area is 191 Å². The van der Waals surface area contributed by atoms with E-state index in [1.54, 1.807) is 24.3 Å². The molecule has 33 heavy (non-hydrogen) atoms. The van der Waals surface area contributed by atoms with Crippen LogP contribution in [0.3, 0.4) is 0 Å². The number of hydrogen-bond acceptors (Lipinski definition) is 4. The monoisotopic (exact) mass is 438 g/mol. The quantitative estimate of drug-likeness (QED) is 0.333. The van der Waals surface area contributed by atoms with Crippen LogP contribution in [0.2, 0.25) is 0 Å². The number of aromatic nitrogens is 2. The lowest BCUT2D eigenvalue weighted by Crippen LogP contribution is -2.65. The number of benzene rings is 2. The summed E-state index contributed by atoms with van der Waals surface area (Å²) in [5.74, 6) is 2.40. The highest BCUT2D eigenvalue weighted by atomic mass is 16.1. The molecule has 0 saturated carbocycles. The van der Waals surface area contributed by atoms with Gasteiger partial charge in [0.05, 0.1) is 24.3 Å². The maximum Gasteiger partial charge on any atom is 0.338 e. The number of carbonyl (C=O) groups is 1. The number of hydrogen-bond donors (Lipinski definition) is 2. The van der Waals surface area contributed by atoms with Gasteiger partial charge in [-0.25, -0.2) is 24.8 Å². The van der Waals surface area contributed by atoms with E-state index in [1.165, 1.54) is 17.1 Å². The summed E-state index contributed by atoms with van der Waals surface area (Å²) in [5, 5.41) is 7.26. The highest BCUT2D eigenvalue weighted by Gasteiger charge is 2.14. The van der Waals surface area contributed by atoms with E-state index >= 15 is 0 Å². The van der Waals surface area contributed by atoms with Crippen molar-refractivity contribution in [1.29, 1.82) is 0 Å². The van der Waals surface area contributed by atoms with Crippen molar-refractivity contribution in [3.05, 3.63) is 105 Å². The molecule has 1 unspecified atom stereocenters. The van der Waals surface area contributed by atoms with Crippen molar-refractivity contribution in [3.63, 3.8) is 0 Å². The molecular formula is C26H24N5O2+. The van der Waals surface area contributed by atoms with Crippen LogP contribution in [-0.2, 0) is 13.0 Å². The summed E-state index contributed by atoms with van der Waals surface area (Å²) in [6.07, 6.45) is 4.27. The molecule has 1 atom stereocenters. The second-order valence-electron chi connectivity index (χ2n) is 7.60. The number of amides is 1. The number of aryl methyl sites for hydroxylation is 1. The normalized spacial score (nSPS) is 14.6. The predicted octanol–water partition coefficient (Wildman–Crippen LogP) is 1.50. The first kappa shape index (κ1) is 21.9. The average molecular weight is 439 g/mol. The van der Waals surface area contributed by atoms with Gasteiger partial charge in [0.25, 0.3) is 5.56 Å². The third-order valence-electron chi connectivity index (χ3n) is 5.33. The van der Waals surface area contributed by atoms with Crippen molar-refractivity contribution >= 4 is 23.8 Å². The van der Waals surface area contributed by atoms with Crippen molar-refractivity contribution in [2.24, 2.45) is 4.99 Å². The number of rotatable bonds is 7. The summed E-state index contributed by atoms with van der Waals surface area (Å²) >= 11 is 0. The van der Waals surface area contributed by atoms with Gasteiger partial charge in [-0.05, 0) is 47.9 Å². The summed E-state index contributed by atoms with van der Waals surface area (Å²) in [4.78, 5) is 32.2. The number of aliphatic imine (C=N–C) groups is 1. The number of carbonyl (C=O) groups excluding carboxylic acids is 1. The van der Waals surface area contributed by atoms with Gasteiger partial charge in [-0.15, -0.1) is 0 Å². The topological polar surface area (TPSA) is 90.3 Å². The van der Waals surface area contributed by atoms with Gasteiger partial charge in [0.15, 0.2) is 0 Å². The van der Waals surface area contributed by atoms with Gasteiger partial charge in [0.2, 0.25) is 6.34 Å². The minimum Gasteiger partial charge on any atom is -0.268 e. The Kier molecular flexibility index (Phi) is 6.86. The van der Waals surface area contributed by atoms with E-state index in [-0.39, 0.29) is 23.9 Å². The fraction of sp³-hybridized carbons (Fsp3) is 0.192. The second kappa shape index (κ2) is 10.3. The highest BCUT2D eigenvalue weighted by Crippen LogP contribution is 2.15. The highest BCUT2D eigenvalue weighted by molar-refractivity contribution is 6.00. The van der Waals surface area contributed by atoms with Crippen LogP contribution in [0.5, 0.6) is 0 Å². The van der Waals surface area contributed by atoms with Crippen LogP contribution in [-0.4, -0.2) is 34.4 Å². The van der Waals surface area contributed by atoms with Gasteiger partial charge in [0.1, 0.15) is 5.69 Å². The summed E-state index contributed by atoms with van der Waals surface area (Å²) in [6, 6.07) is 18.3. The van der Waals surface area contributed by atoms with Gasteiger partial charge < -0.3 is 0 Å². The third kappa shape index (κ3) is 5.49. The standard InChI is InChI=1S/C26H23N5O2/c1-2-20-8-3-4-11-23(20)28-18-29-26(33)21-9-5-7-19(15-21)17-31-25(32)13-12-24(30-31)22-10-6-14-27-16-22/h3-5,7-13,15,18,22H,2,16-17H2,1H3,(H,28,29,33)/p+1. The molecular weight excluding hydrogens is 414 g/mol. The van der Waals surface area contributed by atoms with Gasteiger partial charge in [-0.2, -0.15) is 5.10 Å². The Balaban J connectivity index is 1.47. The minimum absolute atomic E-state index is 0.0314. The van der Waals surface area contributed by atoms with E-state index in [0.717, 1.165) is 28.9 Å². The maximum atomic E-state index is 12.6. The molecule has 1 aromatic heterocycles. The van der Waals surface area contributed by atoms with E-state index < -0.39 is 0 Å². The van der Waals surface area contributed by atoms with Gasteiger partial charge >= 0.3 is 5.91 Å². The Morgan fingerprint density at radius 3 is 2.91 bits per heavy atom. The van der Waals surface area contributed by atoms with E-state index in [0.29, 0.717) is 12.1 Å². The molecule has 1 aliphatic heterocycles. The van der Waals surface area contributed by atoms with Crippen LogP contribution in [0, 0.1) is 0 Å².